The van der Waals surface area contributed by atoms with Crippen molar-refractivity contribution in [3.8, 4) is 0 Å². The monoisotopic (exact) mass is 225 g/mol. The minimum Gasteiger partial charge on any atom is -0.236 e. The third-order valence-corrected chi connectivity index (χ3v) is 2.59. The molecule has 0 aliphatic heterocycles. The lowest BCUT2D eigenvalue weighted by Crippen LogP contribution is -2.25. The maximum atomic E-state index is 4.31. The van der Waals surface area contributed by atoms with Crippen LogP contribution in [0, 0.1) is 0 Å². The van der Waals surface area contributed by atoms with Gasteiger partial charge in [-0.05, 0) is 17.5 Å². The zero-order valence-electron chi connectivity index (χ0n) is 9.84. The maximum Gasteiger partial charge on any atom is 0.0367 e. The summed E-state index contributed by atoms with van der Waals surface area (Å²) >= 11 is 0. The second-order valence-corrected chi connectivity index (χ2v) is 3.94. The molecule has 1 radical (unpaired) electrons. The van der Waals surface area contributed by atoms with Crippen LogP contribution in [0.15, 0.2) is 60.7 Å². The molecule has 0 saturated carbocycles. The second-order valence-electron chi connectivity index (χ2n) is 3.94. The van der Waals surface area contributed by atoms with E-state index in [0.29, 0.717) is 0 Å². The van der Waals surface area contributed by atoms with Crippen molar-refractivity contribution in [2.75, 3.05) is 6.54 Å². The maximum absolute atomic E-state index is 4.31. The van der Waals surface area contributed by atoms with Crippen molar-refractivity contribution in [2.24, 2.45) is 0 Å². The Bertz CT molecular complexity index is 370. The summed E-state index contributed by atoms with van der Waals surface area (Å²) in [6, 6.07) is 20.7. The van der Waals surface area contributed by atoms with Crippen LogP contribution in [-0.4, -0.2) is 6.54 Å². The van der Waals surface area contributed by atoms with E-state index in [1.165, 1.54) is 11.1 Å². The molecule has 0 fully saturated rings. The molecule has 2 aromatic rings. The van der Waals surface area contributed by atoms with E-state index in [-0.39, 0.29) is 0 Å². The predicted molar refractivity (Wildman–Crippen MR) is 70.4 cm³/mol. The molecule has 87 valence electrons. The summed E-state index contributed by atoms with van der Waals surface area (Å²) in [6.45, 7) is 1.62. The van der Waals surface area contributed by atoms with Crippen LogP contribution in [0.2, 0.25) is 0 Å². The molecule has 0 aliphatic rings. The molecule has 2 nitrogen and oxygen atoms in total. The zero-order valence-corrected chi connectivity index (χ0v) is 9.84. The van der Waals surface area contributed by atoms with Crippen molar-refractivity contribution in [1.82, 2.24) is 10.9 Å². The fourth-order valence-electron chi connectivity index (χ4n) is 1.65. The van der Waals surface area contributed by atoms with Gasteiger partial charge in [-0.15, -0.1) is 0 Å². The molecule has 0 unspecified atom stereocenters. The predicted octanol–water partition coefficient (Wildman–Crippen LogP) is 2.54. The molecule has 17 heavy (non-hydrogen) atoms. The molecule has 0 spiro atoms. The van der Waals surface area contributed by atoms with Gasteiger partial charge in [-0.3, -0.25) is 0 Å². The van der Waals surface area contributed by atoms with Crippen molar-refractivity contribution in [3.05, 3.63) is 71.8 Å². The molecular weight excluding hydrogens is 208 g/mol. The van der Waals surface area contributed by atoms with Crippen LogP contribution in [0.1, 0.15) is 11.1 Å². The van der Waals surface area contributed by atoms with Crippen molar-refractivity contribution in [2.45, 2.75) is 13.0 Å². The van der Waals surface area contributed by atoms with Crippen molar-refractivity contribution < 1.29 is 0 Å². The number of benzene rings is 2. The lowest BCUT2D eigenvalue weighted by Gasteiger charge is -2.04. The minimum absolute atomic E-state index is 0.801. The standard InChI is InChI=1S/C15H17N2/c1-3-7-14(8-4-1)11-12-16-17-13-15-9-5-2-6-10-15/h1-10,17H,11-13H2. The van der Waals surface area contributed by atoms with Crippen LogP contribution >= 0.6 is 0 Å². The largest absolute Gasteiger partial charge is 0.236 e. The van der Waals surface area contributed by atoms with Gasteiger partial charge in [-0.1, -0.05) is 60.7 Å². The molecule has 0 amide bonds. The quantitative estimate of drug-likeness (QED) is 0.593. The van der Waals surface area contributed by atoms with Gasteiger partial charge in [0, 0.05) is 13.1 Å². The van der Waals surface area contributed by atoms with Crippen LogP contribution in [0.25, 0.3) is 0 Å². The molecule has 2 heteroatoms. The number of nitrogens with zero attached hydrogens (tertiary/aromatic N) is 1. The molecule has 0 aromatic heterocycles. The summed E-state index contributed by atoms with van der Waals surface area (Å²) in [7, 11) is 0. The number of hydrogen-bond acceptors (Lipinski definition) is 1. The molecule has 0 heterocycles. The van der Waals surface area contributed by atoms with Gasteiger partial charge in [0.2, 0.25) is 0 Å². The molecular formula is C15H17N2. The summed E-state index contributed by atoms with van der Waals surface area (Å²) in [4.78, 5) is 0. The van der Waals surface area contributed by atoms with Crippen LogP contribution in [0.4, 0.5) is 0 Å². The van der Waals surface area contributed by atoms with Gasteiger partial charge >= 0.3 is 0 Å². The summed E-state index contributed by atoms with van der Waals surface area (Å²) in [5, 5.41) is 0. The Hall–Kier alpha value is -1.64. The van der Waals surface area contributed by atoms with Gasteiger partial charge < -0.3 is 0 Å². The van der Waals surface area contributed by atoms with Gasteiger partial charge in [-0.25, -0.2) is 5.43 Å². The number of nitrogens with one attached hydrogen (secondary N) is 1. The smallest absolute Gasteiger partial charge is 0.0367 e. The highest BCUT2D eigenvalue weighted by molar-refractivity contribution is 5.15. The van der Waals surface area contributed by atoms with E-state index >= 15 is 0 Å². The minimum atomic E-state index is 0.801. The van der Waals surface area contributed by atoms with Crippen molar-refractivity contribution in [1.29, 1.82) is 0 Å². The molecule has 2 aromatic carbocycles. The molecule has 0 bridgehead atoms. The Balaban J connectivity index is 1.61. The first-order chi connectivity index (χ1) is 8.45. The number of hydrogen-bond donors (Lipinski definition) is 1. The molecule has 2 rings (SSSR count). The van der Waals surface area contributed by atoms with Gasteiger partial charge in [-0.2, -0.15) is 5.43 Å². The van der Waals surface area contributed by atoms with E-state index in [1.54, 1.807) is 0 Å². The van der Waals surface area contributed by atoms with Gasteiger partial charge in [0.1, 0.15) is 0 Å². The topological polar surface area (TPSA) is 26.1 Å². The fraction of sp³-hybridized carbons (Fsp3) is 0.200. The van der Waals surface area contributed by atoms with E-state index < -0.39 is 0 Å². The third-order valence-electron chi connectivity index (χ3n) is 2.59. The Kier molecular flexibility index (Phi) is 4.76. The SMILES string of the molecule is c1ccc(CC[N]NCc2ccccc2)cc1. The summed E-state index contributed by atoms with van der Waals surface area (Å²) in [6.07, 6.45) is 0.989. The molecule has 0 atom stereocenters. The van der Waals surface area contributed by atoms with Crippen LogP contribution in [0.3, 0.4) is 0 Å². The number of rotatable bonds is 6. The Labute approximate surface area is 103 Å². The molecule has 1 N–H and O–H groups in total. The van der Waals surface area contributed by atoms with E-state index in [9.17, 15) is 0 Å². The first-order valence-corrected chi connectivity index (χ1v) is 5.92. The fourth-order valence-corrected chi connectivity index (χ4v) is 1.65. The highest BCUT2D eigenvalue weighted by atomic mass is 15.3. The highest BCUT2D eigenvalue weighted by Crippen LogP contribution is 1.99. The van der Waals surface area contributed by atoms with E-state index in [2.05, 4.69) is 47.2 Å². The van der Waals surface area contributed by atoms with Gasteiger partial charge in [0.15, 0.2) is 0 Å². The van der Waals surface area contributed by atoms with E-state index in [0.717, 1.165) is 19.5 Å². The molecule has 0 saturated heterocycles. The van der Waals surface area contributed by atoms with Crippen LogP contribution < -0.4 is 10.9 Å². The highest BCUT2D eigenvalue weighted by Gasteiger charge is 1.93. The van der Waals surface area contributed by atoms with Crippen LogP contribution in [0.5, 0.6) is 0 Å². The lowest BCUT2D eigenvalue weighted by molar-refractivity contribution is 0.521. The lowest BCUT2D eigenvalue weighted by atomic mass is 10.2. The normalized spacial score (nSPS) is 10.4. The van der Waals surface area contributed by atoms with Gasteiger partial charge in [0.25, 0.3) is 0 Å². The van der Waals surface area contributed by atoms with Crippen LogP contribution in [-0.2, 0) is 13.0 Å². The average Bonchev–Trinajstić information content (AvgIpc) is 2.41. The van der Waals surface area contributed by atoms with Crippen molar-refractivity contribution >= 4 is 0 Å². The Morgan fingerprint density at radius 1 is 0.765 bits per heavy atom. The first-order valence-electron chi connectivity index (χ1n) is 5.92. The molecule has 0 aliphatic carbocycles. The second kappa shape index (κ2) is 6.84. The first kappa shape index (κ1) is 11.8. The summed E-state index contributed by atoms with van der Waals surface area (Å²) < 4.78 is 0. The van der Waals surface area contributed by atoms with Gasteiger partial charge in [0.05, 0.1) is 0 Å². The summed E-state index contributed by atoms with van der Waals surface area (Å²) in [5.41, 5.74) is 10.0. The van der Waals surface area contributed by atoms with E-state index in [1.807, 2.05) is 24.3 Å². The Morgan fingerprint density at radius 3 is 2.00 bits per heavy atom. The average molecular weight is 225 g/mol. The van der Waals surface area contributed by atoms with E-state index in [4.69, 9.17) is 0 Å². The van der Waals surface area contributed by atoms with Crippen molar-refractivity contribution in [3.63, 3.8) is 0 Å². The zero-order chi connectivity index (χ0) is 11.8. The summed E-state index contributed by atoms with van der Waals surface area (Å²) in [5.74, 6) is 0. The Morgan fingerprint density at radius 2 is 1.35 bits per heavy atom. The third kappa shape index (κ3) is 4.39.